The Morgan fingerprint density at radius 2 is 1.89 bits per heavy atom. The lowest BCUT2D eigenvalue weighted by Crippen LogP contribution is -2.04. The standard InChI is InChI=1S/C13H12N2O4/c1-8-11(12(16)17)7-14-15(8)10-5-3-9(4-6-10)13(18)19-2/h3-7H,1-2H3,(H,16,17). The molecule has 98 valence electrons. The number of carbonyl (C=O) groups excluding carboxylic acids is 1. The van der Waals surface area contributed by atoms with Crippen molar-refractivity contribution in [3.8, 4) is 5.69 Å². The van der Waals surface area contributed by atoms with Crippen LogP contribution in [0.4, 0.5) is 0 Å². The number of hydrogen-bond donors (Lipinski definition) is 1. The monoisotopic (exact) mass is 260 g/mol. The number of carboxylic acid groups (broad SMARTS) is 1. The van der Waals surface area contributed by atoms with Crippen LogP contribution < -0.4 is 0 Å². The molecule has 6 heteroatoms. The third-order valence-corrected chi connectivity index (χ3v) is 2.77. The van der Waals surface area contributed by atoms with Gasteiger partial charge in [-0.3, -0.25) is 0 Å². The van der Waals surface area contributed by atoms with E-state index in [1.54, 1.807) is 31.2 Å². The van der Waals surface area contributed by atoms with E-state index >= 15 is 0 Å². The zero-order valence-electron chi connectivity index (χ0n) is 10.5. The van der Waals surface area contributed by atoms with Gasteiger partial charge in [-0.1, -0.05) is 0 Å². The summed E-state index contributed by atoms with van der Waals surface area (Å²) in [5.41, 5.74) is 1.78. The number of ether oxygens (including phenoxy) is 1. The maximum Gasteiger partial charge on any atom is 0.339 e. The van der Waals surface area contributed by atoms with E-state index in [9.17, 15) is 9.59 Å². The molecular formula is C13H12N2O4. The van der Waals surface area contributed by atoms with Crippen LogP contribution in [-0.4, -0.2) is 33.9 Å². The quantitative estimate of drug-likeness (QED) is 0.849. The van der Waals surface area contributed by atoms with Crippen LogP contribution in [0.25, 0.3) is 5.69 Å². The second kappa shape index (κ2) is 4.93. The predicted octanol–water partition coefficient (Wildman–Crippen LogP) is 1.67. The first-order valence-electron chi connectivity index (χ1n) is 5.51. The van der Waals surface area contributed by atoms with Crippen LogP contribution in [0.15, 0.2) is 30.5 Å². The summed E-state index contributed by atoms with van der Waals surface area (Å²) < 4.78 is 6.11. The lowest BCUT2D eigenvalue weighted by atomic mass is 10.2. The molecule has 6 nitrogen and oxygen atoms in total. The number of methoxy groups -OCH3 is 1. The van der Waals surface area contributed by atoms with Crippen LogP contribution in [0.3, 0.4) is 0 Å². The average Bonchev–Trinajstić information content (AvgIpc) is 2.80. The Balaban J connectivity index is 2.38. The number of rotatable bonds is 3. The lowest BCUT2D eigenvalue weighted by Gasteiger charge is -2.05. The van der Waals surface area contributed by atoms with Gasteiger partial charge in [-0.15, -0.1) is 0 Å². The van der Waals surface area contributed by atoms with E-state index in [-0.39, 0.29) is 5.56 Å². The Labute approximate surface area is 109 Å². The maximum atomic E-state index is 11.3. The Hall–Kier alpha value is -2.63. The number of hydrogen-bond acceptors (Lipinski definition) is 4. The highest BCUT2D eigenvalue weighted by Crippen LogP contribution is 2.15. The Morgan fingerprint density at radius 1 is 1.26 bits per heavy atom. The molecule has 2 rings (SSSR count). The van der Waals surface area contributed by atoms with E-state index in [1.165, 1.54) is 18.0 Å². The van der Waals surface area contributed by atoms with Gasteiger partial charge in [0.1, 0.15) is 5.56 Å². The van der Waals surface area contributed by atoms with E-state index in [0.717, 1.165) is 0 Å². The Morgan fingerprint density at radius 3 is 2.37 bits per heavy atom. The second-order valence-corrected chi connectivity index (χ2v) is 3.90. The van der Waals surface area contributed by atoms with Crippen molar-refractivity contribution in [1.29, 1.82) is 0 Å². The van der Waals surface area contributed by atoms with E-state index in [0.29, 0.717) is 16.9 Å². The number of esters is 1. The predicted molar refractivity (Wildman–Crippen MR) is 66.6 cm³/mol. The molecule has 0 unspecified atom stereocenters. The van der Waals surface area contributed by atoms with Crippen LogP contribution in [0.5, 0.6) is 0 Å². The first kappa shape index (κ1) is 12.8. The molecule has 0 bridgehead atoms. The van der Waals surface area contributed by atoms with Crippen LogP contribution in [0.1, 0.15) is 26.4 Å². The van der Waals surface area contributed by atoms with Crippen molar-refractivity contribution >= 4 is 11.9 Å². The van der Waals surface area contributed by atoms with Gasteiger partial charge in [0.15, 0.2) is 0 Å². The van der Waals surface area contributed by atoms with Crippen LogP contribution in [-0.2, 0) is 4.74 Å². The van der Waals surface area contributed by atoms with Crippen LogP contribution in [0, 0.1) is 6.92 Å². The summed E-state index contributed by atoms with van der Waals surface area (Å²) in [6.45, 7) is 1.67. The summed E-state index contributed by atoms with van der Waals surface area (Å²) in [7, 11) is 1.31. The highest BCUT2D eigenvalue weighted by Gasteiger charge is 2.14. The molecule has 0 saturated carbocycles. The minimum absolute atomic E-state index is 0.150. The minimum atomic E-state index is -1.02. The summed E-state index contributed by atoms with van der Waals surface area (Å²) in [5.74, 6) is -1.44. The molecule has 2 aromatic rings. The number of benzene rings is 1. The van der Waals surface area contributed by atoms with Gasteiger partial charge in [-0.25, -0.2) is 14.3 Å². The molecule has 0 aliphatic rings. The van der Waals surface area contributed by atoms with Gasteiger partial charge >= 0.3 is 11.9 Å². The molecule has 0 saturated heterocycles. The van der Waals surface area contributed by atoms with Crippen molar-refractivity contribution in [3.05, 3.63) is 47.3 Å². The maximum absolute atomic E-state index is 11.3. The van der Waals surface area contributed by atoms with Gasteiger partial charge < -0.3 is 9.84 Å². The van der Waals surface area contributed by atoms with Gasteiger partial charge in [0, 0.05) is 0 Å². The fraction of sp³-hybridized carbons (Fsp3) is 0.154. The van der Waals surface area contributed by atoms with Gasteiger partial charge in [-0.05, 0) is 31.2 Å². The summed E-state index contributed by atoms with van der Waals surface area (Å²) in [4.78, 5) is 22.2. The van der Waals surface area contributed by atoms with Gasteiger partial charge in [0.2, 0.25) is 0 Å². The Bertz CT molecular complexity index is 629. The van der Waals surface area contributed by atoms with E-state index < -0.39 is 11.9 Å². The third-order valence-electron chi connectivity index (χ3n) is 2.77. The molecular weight excluding hydrogens is 248 g/mol. The van der Waals surface area contributed by atoms with E-state index in [2.05, 4.69) is 9.84 Å². The van der Waals surface area contributed by atoms with Gasteiger partial charge in [-0.2, -0.15) is 5.10 Å². The molecule has 0 fully saturated rings. The molecule has 0 radical (unpaired) electrons. The molecule has 1 N–H and O–H groups in total. The van der Waals surface area contributed by atoms with Crippen LogP contribution >= 0.6 is 0 Å². The molecule has 1 aromatic carbocycles. The van der Waals surface area contributed by atoms with Crippen molar-refractivity contribution < 1.29 is 19.4 Å². The third kappa shape index (κ3) is 2.33. The lowest BCUT2D eigenvalue weighted by molar-refractivity contribution is 0.0600. The number of carboxylic acids is 1. The van der Waals surface area contributed by atoms with Crippen molar-refractivity contribution in [1.82, 2.24) is 9.78 Å². The highest BCUT2D eigenvalue weighted by molar-refractivity contribution is 5.90. The molecule has 0 aliphatic heterocycles. The summed E-state index contributed by atoms with van der Waals surface area (Å²) in [6.07, 6.45) is 1.30. The summed E-state index contributed by atoms with van der Waals surface area (Å²) >= 11 is 0. The van der Waals surface area contributed by atoms with Crippen LogP contribution in [0.2, 0.25) is 0 Å². The number of carbonyl (C=O) groups is 2. The number of aromatic carboxylic acids is 1. The SMILES string of the molecule is COC(=O)c1ccc(-n2ncc(C(=O)O)c2C)cc1. The topological polar surface area (TPSA) is 81.4 Å². The molecule has 0 atom stereocenters. The molecule has 0 amide bonds. The van der Waals surface area contributed by atoms with Crippen molar-refractivity contribution in [2.24, 2.45) is 0 Å². The molecule has 0 spiro atoms. The minimum Gasteiger partial charge on any atom is -0.478 e. The molecule has 0 aliphatic carbocycles. The first-order valence-corrected chi connectivity index (χ1v) is 5.51. The zero-order valence-corrected chi connectivity index (χ0v) is 10.5. The zero-order chi connectivity index (χ0) is 14.0. The van der Waals surface area contributed by atoms with Crippen molar-refractivity contribution in [3.63, 3.8) is 0 Å². The second-order valence-electron chi connectivity index (χ2n) is 3.90. The molecule has 1 heterocycles. The first-order chi connectivity index (χ1) is 9.04. The average molecular weight is 260 g/mol. The smallest absolute Gasteiger partial charge is 0.339 e. The molecule has 1 aromatic heterocycles. The van der Waals surface area contributed by atoms with Crippen molar-refractivity contribution in [2.75, 3.05) is 7.11 Å². The van der Waals surface area contributed by atoms with Gasteiger partial charge in [0.05, 0.1) is 30.3 Å². The highest BCUT2D eigenvalue weighted by atomic mass is 16.5. The number of nitrogens with zero attached hydrogens (tertiary/aromatic N) is 2. The fourth-order valence-electron chi connectivity index (χ4n) is 1.74. The van der Waals surface area contributed by atoms with E-state index in [1.807, 2.05) is 0 Å². The normalized spacial score (nSPS) is 10.2. The largest absolute Gasteiger partial charge is 0.478 e. The Kier molecular flexibility index (Phi) is 3.33. The van der Waals surface area contributed by atoms with Crippen molar-refractivity contribution in [2.45, 2.75) is 6.92 Å². The van der Waals surface area contributed by atoms with Gasteiger partial charge in [0.25, 0.3) is 0 Å². The van der Waals surface area contributed by atoms with E-state index in [4.69, 9.17) is 5.11 Å². The number of aromatic nitrogens is 2. The summed E-state index contributed by atoms with van der Waals surface area (Å²) in [5, 5.41) is 13.0. The molecule has 19 heavy (non-hydrogen) atoms. The fourth-order valence-corrected chi connectivity index (χ4v) is 1.74. The summed E-state index contributed by atoms with van der Waals surface area (Å²) in [6, 6.07) is 6.56.